The first-order valence-corrected chi connectivity index (χ1v) is 11.2. The summed E-state index contributed by atoms with van der Waals surface area (Å²) in [5, 5.41) is 7.89. The molecule has 0 spiro atoms. The number of benzene rings is 2. The predicted molar refractivity (Wildman–Crippen MR) is 127 cm³/mol. The van der Waals surface area contributed by atoms with Crippen molar-refractivity contribution in [1.29, 1.82) is 0 Å². The summed E-state index contributed by atoms with van der Waals surface area (Å²) in [7, 11) is 0. The predicted octanol–water partition coefficient (Wildman–Crippen LogP) is 4.21. The summed E-state index contributed by atoms with van der Waals surface area (Å²) in [6.45, 7) is 3.78. The van der Waals surface area contributed by atoms with Crippen LogP contribution in [-0.2, 0) is 11.3 Å². The molecule has 0 bridgehead atoms. The second-order valence-electron chi connectivity index (χ2n) is 7.61. The van der Waals surface area contributed by atoms with E-state index in [4.69, 9.17) is 35.4 Å². The number of halogens is 2. The number of aromatic amines is 1. The van der Waals surface area contributed by atoms with Crippen molar-refractivity contribution < 1.29 is 9.59 Å². The molecular weight excluding hydrogens is 469 g/mol. The van der Waals surface area contributed by atoms with Crippen LogP contribution in [0.5, 0.6) is 0 Å². The standard InChI is InChI=1S/C22H21Cl2N5O2S/c1-14-3-2-4-15(11-14)20-25-26-22(32)29(20)13-19(30)27-7-9-28(10-8-27)21(31)17-6-5-16(23)12-18(17)24/h2-6,11-12H,7-10,13H2,1H3,(H,26,32). The van der Waals surface area contributed by atoms with E-state index in [9.17, 15) is 9.59 Å². The van der Waals surface area contributed by atoms with E-state index in [1.807, 2.05) is 31.2 Å². The molecule has 2 amide bonds. The monoisotopic (exact) mass is 489 g/mol. The average Bonchev–Trinajstić information content (AvgIpc) is 3.13. The molecule has 1 aliphatic rings. The summed E-state index contributed by atoms with van der Waals surface area (Å²) in [5.41, 5.74) is 2.39. The Kier molecular flexibility index (Phi) is 6.64. The minimum atomic E-state index is -0.169. The van der Waals surface area contributed by atoms with Gasteiger partial charge in [-0.15, -0.1) is 0 Å². The first-order chi connectivity index (χ1) is 15.3. The molecule has 7 nitrogen and oxygen atoms in total. The second kappa shape index (κ2) is 9.44. The fraction of sp³-hybridized carbons (Fsp3) is 0.273. The molecular formula is C22H21Cl2N5O2S. The number of amides is 2. The number of nitrogens with one attached hydrogen (secondary N) is 1. The molecule has 0 saturated carbocycles. The zero-order chi connectivity index (χ0) is 22.8. The van der Waals surface area contributed by atoms with Gasteiger partial charge in [0.1, 0.15) is 6.54 Å². The van der Waals surface area contributed by atoms with Gasteiger partial charge in [-0.25, -0.2) is 0 Å². The Balaban J connectivity index is 1.42. The van der Waals surface area contributed by atoms with Gasteiger partial charge >= 0.3 is 0 Å². The molecule has 1 saturated heterocycles. The van der Waals surface area contributed by atoms with Gasteiger partial charge in [-0.05, 0) is 43.4 Å². The molecule has 1 fully saturated rings. The highest BCUT2D eigenvalue weighted by atomic mass is 35.5. The highest BCUT2D eigenvalue weighted by Crippen LogP contribution is 2.23. The number of piperazine rings is 1. The van der Waals surface area contributed by atoms with Crippen LogP contribution in [0.3, 0.4) is 0 Å². The van der Waals surface area contributed by atoms with E-state index >= 15 is 0 Å². The van der Waals surface area contributed by atoms with E-state index in [0.29, 0.717) is 52.4 Å². The third-order valence-corrected chi connectivity index (χ3v) is 6.27. The van der Waals surface area contributed by atoms with Crippen molar-refractivity contribution in [3.63, 3.8) is 0 Å². The molecule has 166 valence electrons. The number of H-pyrrole nitrogens is 1. The maximum absolute atomic E-state index is 13.0. The number of carbonyl (C=O) groups is 2. The molecule has 4 rings (SSSR count). The van der Waals surface area contributed by atoms with Gasteiger partial charge in [-0.3, -0.25) is 19.3 Å². The number of aryl methyl sites for hydroxylation is 1. The Bertz CT molecular complexity index is 1230. The highest BCUT2D eigenvalue weighted by Gasteiger charge is 2.26. The lowest BCUT2D eigenvalue weighted by molar-refractivity contribution is -0.133. The number of hydrogen-bond donors (Lipinski definition) is 1. The van der Waals surface area contributed by atoms with Crippen molar-refractivity contribution in [1.82, 2.24) is 24.6 Å². The largest absolute Gasteiger partial charge is 0.338 e. The SMILES string of the molecule is Cc1cccc(-c2n[nH]c(=S)n2CC(=O)N2CCN(C(=O)c3ccc(Cl)cc3Cl)CC2)c1. The van der Waals surface area contributed by atoms with Crippen molar-refractivity contribution in [2.75, 3.05) is 26.2 Å². The van der Waals surface area contributed by atoms with Gasteiger partial charge in [-0.2, -0.15) is 5.10 Å². The quantitative estimate of drug-likeness (QED) is 0.557. The summed E-state index contributed by atoms with van der Waals surface area (Å²) in [4.78, 5) is 29.2. The van der Waals surface area contributed by atoms with Gasteiger partial charge in [0.05, 0.1) is 10.6 Å². The second-order valence-corrected chi connectivity index (χ2v) is 8.84. The molecule has 0 atom stereocenters. The molecule has 32 heavy (non-hydrogen) atoms. The lowest BCUT2D eigenvalue weighted by atomic mass is 10.1. The number of rotatable bonds is 4. The zero-order valence-electron chi connectivity index (χ0n) is 17.3. The Morgan fingerprint density at radius 1 is 1.06 bits per heavy atom. The van der Waals surface area contributed by atoms with Crippen LogP contribution in [0.15, 0.2) is 42.5 Å². The smallest absolute Gasteiger partial charge is 0.255 e. The third-order valence-electron chi connectivity index (χ3n) is 5.41. The summed E-state index contributed by atoms with van der Waals surface area (Å²) in [6, 6.07) is 12.7. The summed E-state index contributed by atoms with van der Waals surface area (Å²) >= 11 is 17.4. The fourth-order valence-corrected chi connectivity index (χ4v) is 4.38. The van der Waals surface area contributed by atoms with Crippen LogP contribution in [0.2, 0.25) is 10.0 Å². The van der Waals surface area contributed by atoms with Crippen LogP contribution in [-0.4, -0.2) is 62.6 Å². The van der Waals surface area contributed by atoms with Crippen LogP contribution >= 0.6 is 35.4 Å². The zero-order valence-corrected chi connectivity index (χ0v) is 19.7. The van der Waals surface area contributed by atoms with Crippen molar-refractivity contribution in [3.05, 3.63) is 68.4 Å². The van der Waals surface area contributed by atoms with E-state index in [1.165, 1.54) is 0 Å². The van der Waals surface area contributed by atoms with E-state index in [0.717, 1.165) is 11.1 Å². The number of nitrogens with zero attached hydrogens (tertiary/aromatic N) is 4. The van der Waals surface area contributed by atoms with Crippen LogP contribution in [0, 0.1) is 11.7 Å². The van der Waals surface area contributed by atoms with Gasteiger partial charge in [0.2, 0.25) is 5.91 Å². The fourth-order valence-electron chi connectivity index (χ4n) is 3.70. The molecule has 1 N–H and O–H groups in total. The first-order valence-electron chi connectivity index (χ1n) is 10.1. The first kappa shape index (κ1) is 22.5. The van der Waals surface area contributed by atoms with E-state index in [1.54, 1.807) is 32.6 Å². The molecule has 0 unspecified atom stereocenters. The van der Waals surface area contributed by atoms with E-state index in [2.05, 4.69) is 10.2 Å². The summed E-state index contributed by atoms with van der Waals surface area (Å²) in [5.74, 6) is 0.379. The van der Waals surface area contributed by atoms with E-state index in [-0.39, 0.29) is 18.4 Å². The van der Waals surface area contributed by atoms with Gasteiger partial charge < -0.3 is 9.80 Å². The lowest BCUT2D eigenvalue weighted by Crippen LogP contribution is -2.51. The highest BCUT2D eigenvalue weighted by molar-refractivity contribution is 7.71. The lowest BCUT2D eigenvalue weighted by Gasteiger charge is -2.35. The Morgan fingerprint density at radius 3 is 2.47 bits per heavy atom. The van der Waals surface area contributed by atoms with Gasteiger partial charge in [0.15, 0.2) is 10.6 Å². The van der Waals surface area contributed by atoms with Crippen LogP contribution < -0.4 is 0 Å². The Labute approximate surface area is 200 Å². The normalized spacial score (nSPS) is 14.0. The molecule has 2 aromatic carbocycles. The molecule has 1 aliphatic heterocycles. The third kappa shape index (κ3) is 4.72. The molecule has 0 aliphatic carbocycles. The maximum atomic E-state index is 13.0. The number of hydrogen-bond acceptors (Lipinski definition) is 4. The van der Waals surface area contributed by atoms with Crippen LogP contribution in [0.4, 0.5) is 0 Å². The number of aromatic nitrogens is 3. The van der Waals surface area contributed by atoms with Crippen molar-refractivity contribution >= 4 is 47.2 Å². The van der Waals surface area contributed by atoms with Gasteiger partial charge in [-0.1, -0.05) is 47.0 Å². The Hall–Kier alpha value is -2.68. The summed E-state index contributed by atoms with van der Waals surface area (Å²) in [6.07, 6.45) is 0. The number of carbonyl (C=O) groups excluding carboxylic acids is 2. The van der Waals surface area contributed by atoms with E-state index < -0.39 is 0 Å². The van der Waals surface area contributed by atoms with Crippen molar-refractivity contribution in [2.24, 2.45) is 0 Å². The molecule has 1 aromatic heterocycles. The van der Waals surface area contributed by atoms with Crippen LogP contribution in [0.25, 0.3) is 11.4 Å². The molecule has 2 heterocycles. The topological polar surface area (TPSA) is 74.2 Å². The minimum absolute atomic E-state index is 0.0759. The Morgan fingerprint density at radius 2 is 1.78 bits per heavy atom. The molecule has 3 aromatic rings. The maximum Gasteiger partial charge on any atom is 0.255 e. The molecule has 0 radical (unpaired) electrons. The van der Waals surface area contributed by atoms with Crippen LogP contribution in [0.1, 0.15) is 15.9 Å². The summed E-state index contributed by atoms with van der Waals surface area (Å²) < 4.78 is 2.10. The minimum Gasteiger partial charge on any atom is -0.338 e. The average molecular weight is 490 g/mol. The van der Waals surface area contributed by atoms with Crippen molar-refractivity contribution in [3.8, 4) is 11.4 Å². The van der Waals surface area contributed by atoms with Gasteiger partial charge in [0.25, 0.3) is 5.91 Å². The van der Waals surface area contributed by atoms with Gasteiger partial charge in [0, 0.05) is 36.8 Å². The molecule has 10 heteroatoms. The van der Waals surface area contributed by atoms with Crippen molar-refractivity contribution in [2.45, 2.75) is 13.5 Å².